The molecule has 1 unspecified atom stereocenters. The Morgan fingerprint density at radius 1 is 1.16 bits per heavy atom. The average molecular weight is 557 g/mol. The van der Waals surface area contributed by atoms with Crippen LogP contribution >= 0.6 is 23.2 Å². The number of likely N-dealkylation sites (N-methyl/N-ethyl adjacent to an activating group) is 1. The molecule has 37 heavy (non-hydrogen) atoms. The summed E-state index contributed by atoms with van der Waals surface area (Å²) in [7, 11) is 0. The highest BCUT2D eigenvalue weighted by molar-refractivity contribution is 6.34. The molecule has 2 aromatic carbocycles. The van der Waals surface area contributed by atoms with E-state index in [0.29, 0.717) is 18.7 Å². The topological polar surface area (TPSA) is 83.5 Å². The van der Waals surface area contributed by atoms with Crippen LogP contribution in [0.2, 0.25) is 10.0 Å². The number of benzene rings is 2. The van der Waals surface area contributed by atoms with Crippen molar-refractivity contribution in [3.05, 3.63) is 68.7 Å². The Kier molecular flexibility index (Phi) is 6.49. The van der Waals surface area contributed by atoms with E-state index in [2.05, 4.69) is 10.5 Å². The Morgan fingerprint density at radius 2 is 1.86 bits per heavy atom. The van der Waals surface area contributed by atoms with E-state index in [1.165, 1.54) is 23.3 Å². The van der Waals surface area contributed by atoms with Crippen molar-refractivity contribution < 1.29 is 32.4 Å². The maximum Gasteiger partial charge on any atom is 0.435 e. The molecule has 0 saturated carbocycles. The molecule has 0 spiro atoms. The average Bonchev–Trinajstić information content (AvgIpc) is 3.55. The highest BCUT2D eigenvalue weighted by Gasteiger charge is 2.63. The van der Waals surface area contributed by atoms with Gasteiger partial charge in [-0.3, -0.25) is 14.4 Å². The van der Waals surface area contributed by atoms with Crippen LogP contribution in [0.5, 0.6) is 0 Å². The molecule has 2 amide bonds. The predicted molar refractivity (Wildman–Crippen MR) is 128 cm³/mol. The fourth-order valence-electron chi connectivity index (χ4n) is 4.63. The molecule has 3 heterocycles. The molecule has 5 rings (SSSR count). The second-order valence-electron chi connectivity index (χ2n) is 8.95. The number of carbonyl (C=O) groups is 2. The summed E-state index contributed by atoms with van der Waals surface area (Å²) in [6.07, 6.45) is -5.36. The summed E-state index contributed by atoms with van der Waals surface area (Å²) in [5.74, 6) is -0.655. The van der Waals surface area contributed by atoms with Crippen LogP contribution in [-0.2, 0) is 33.2 Å². The second-order valence-corrected chi connectivity index (χ2v) is 9.83. The first-order chi connectivity index (χ1) is 17.5. The first-order valence-corrected chi connectivity index (χ1v) is 12.2. The van der Waals surface area contributed by atoms with Crippen molar-refractivity contribution in [2.24, 2.45) is 5.16 Å². The number of amidine groups is 1. The molecule has 1 saturated heterocycles. The first-order valence-electron chi connectivity index (χ1n) is 11.4. The van der Waals surface area contributed by atoms with Crippen LogP contribution in [-0.4, -0.2) is 53.0 Å². The predicted octanol–water partition coefficient (Wildman–Crippen LogP) is 4.39. The van der Waals surface area contributed by atoms with E-state index in [1.54, 1.807) is 30.0 Å². The third-order valence-electron chi connectivity index (χ3n) is 6.59. The molecule has 2 aromatic rings. The van der Waals surface area contributed by atoms with Gasteiger partial charge in [0.1, 0.15) is 18.5 Å². The van der Waals surface area contributed by atoms with Gasteiger partial charge in [0.15, 0.2) is 0 Å². The SMILES string of the molecule is CCN1OC[C@@H](NC(=O)c2ccc3c(c2)CN(C2=NOC(c4cc(Cl)cc(Cl)c4)(C(F)(F)F)C2)C3)C1=O. The van der Waals surface area contributed by atoms with Crippen LogP contribution < -0.4 is 5.32 Å². The zero-order chi connectivity index (χ0) is 26.5. The van der Waals surface area contributed by atoms with E-state index in [1.807, 2.05) is 0 Å². The lowest BCUT2D eigenvalue weighted by Crippen LogP contribution is -2.43. The van der Waals surface area contributed by atoms with Crippen molar-refractivity contribution in [1.29, 1.82) is 0 Å². The maximum absolute atomic E-state index is 14.3. The van der Waals surface area contributed by atoms with E-state index in [9.17, 15) is 22.8 Å². The number of hydrogen-bond donors (Lipinski definition) is 1. The molecule has 1 fully saturated rings. The largest absolute Gasteiger partial charge is 0.435 e. The number of alkyl halides is 3. The van der Waals surface area contributed by atoms with Crippen molar-refractivity contribution in [3.8, 4) is 0 Å². The van der Waals surface area contributed by atoms with E-state index in [0.717, 1.165) is 11.1 Å². The van der Waals surface area contributed by atoms with Gasteiger partial charge in [-0.05, 0) is 48.4 Å². The van der Waals surface area contributed by atoms with Gasteiger partial charge in [-0.25, -0.2) is 5.06 Å². The Bertz CT molecular complexity index is 1280. The summed E-state index contributed by atoms with van der Waals surface area (Å²) in [6.45, 7) is 2.71. The molecule has 1 N–H and O–H groups in total. The lowest BCUT2D eigenvalue weighted by atomic mass is 9.89. The molecule has 2 atom stereocenters. The molecule has 0 aromatic heterocycles. The zero-order valence-electron chi connectivity index (χ0n) is 19.4. The summed E-state index contributed by atoms with van der Waals surface area (Å²) in [5, 5.41) is 7.76. The van der Waals surface area contributed by atoms with Gasteiger partial charge in [-0.15, -0.1) is 0 Å². The number of rotatable bonds is 4. The number of hydrogen-bond acceptors (Lipinski definition) is 6. The third kappa shape index (κ3) is 4.60. The molecule has 0 bridgehead atoms. The highest BCUT2D eigenvalue weighted by atomic mass is 35.5. The fourth-order valence-corrected chi connectivity index (χ4v) is 5.15. The summed E-state index contributed by atoms with van der Waals surface area (Å²) in [4.78, 5) is 36.9. The van der Waals surface area contributed by atoms with Gasteiger partial charge in [0.25, 0.3) is 17.4 Å². The van der Waals surface area contributed by atoms with Crippen LogP contribution in [0.1, 0.15) is 40.4 Å². The third-order valence-corrected chi connectivity index (χ3v) is 7.03. The number of oxime groups is 1. The van der Waals surface area contributed by atoms with Crippen molar-refractivity contribution in [3.63, 3.8) is 0 Å². The van der Waals surface area contributed by atoms with E-state index in [4.69, 9.17) is 32.9 Å². The minimum Gasteiger partial charge on any atom is -0.372 e. The summed E-state index contributed by atoms with van der Waals surface area (Å²) in [5.41, 5.74) is -1.04. The molecule has 8 nitrogen and oxygen atoms in total. The normalized spacial score (nSPS) is 23.2. The monoisotopic (exact) mass is 556 g/mol. The van der Waals surface area contributed by atoms with Gasteiger partial charge in [-0.2, -0.15) is 13.2 Å². The van der Waals surface area contributed by atoms with Crippen molar-refractivity contribution >= 4 is 40.9 Å². The van der Waals surface area contributed by atoms with Gasteiger partial charge < -0.3 is 15.1 Å². The Balaban J connectivity index is 1.31. The maximum atomic E-state index is 14.3. The summed E-state index contributed by atoms with van der Waals surface area (Å²) < 4.78 is 42.9. The number of nitrogens with one attached hydrogen (secondary N) is 1. The fraction of sp³-hybridized carbons (Fsp3) is 0.375. The van der Waals surface area contributed by atoms with Crippen LogP contribution in [0.15, 0.2) is 41.6 Å². The molecule has 3 aliphatic rings. The summed E-state index contributed by atoms with van der Waals surface area (Å²) >= 11 is 11.9. The van der Waals surface area contributed by atoms with E-state index >= 15 is 0 Å². The number of halogens is 5. The molecule has 13 heteroatoms. The number of carbonyl (C=O) groups excluding carboxylic acids is 2. The molecule has 0 radical (unpaired) electrons. The molecule has 196 valence electrons. The minimum absolute atomic E-state index is 0.0513. The van der Waals surface area contributed by atoms with Crippen LogP contribution in [0, 0.1) is 0 Å². The van der Waals surface area contributed by atoms with Crippen LogP contribution in [0.3, 0.4) is 0 Å². The standard InChI is InChI=1S/C24H21Cl2F3N4O4/c1-2-33-22(35)19(12-36-33)30-21(34)13-3-4-14-10-32(11-15(14)5-13)20-9-23(37-31-20,24(27,28)29)16-6-17(25)8-18(26)7-16/h3-8,19H,2,9-12H2,1H3,(H,30,34)/t19-,23?/m1/s1. The second kappa shape index (κ2) is 9.38. The molecular formula is C24H21Cl2F3N4O4. The van der Waals surface area contributed by atoms with Gasteiger partial charge in [-0.1, -0.05) is 34.4 Å². The Morgan fingerprint density at radius 3 is 2.51 bits per heavy atom. The van der Waals surface area contributed by atoms with Crippen LogP contribution in [0.4, 0.5) is 13.2 Å². The number of fused-ring (bicyclic) bond motifs is 1. The lowest BCUT2D eigenvalue weighted by Gasteiger charge is -2.30. The summed E-state index contributed by atoms with van der Waals surface area (Å²) in [6, 6.07) is 7.90. The molecular weight excluding hydrogens is 536 g/mol. The first kappa shape index (κ1) is 25.6. The highest BCUT2D eigenvalue weighted by Crippen LogP contribution is 2.49. The van der Waals surface area contributed by atoms with Crippen molar-refractivity contribution in [1.82, 2.24) is 15.3 Å². The molecule has 3 aliphatic heterocycles. The van der Waals surface area contributed by atoms with Gasteiger partial charge >= 0.3 is 6.18 Å². The van der Waals surface area contributed by atoms with Gasteiger partial charge in [0, 0.05) is 40.8 Å². The smallest absolute Gasteiger partial charge is 0.372 e. The van der Waals surface area contributed by atoms with E-state index in [-0.39, 0.29) is 40.5 Å². The van der Waals surface area contributed by atoms with Crippen molar-refractivity contribution in [2.45, 2.75) is 44.3 Å². The van der Waals surface area contributed by atoms with Gasteiger partial charge in [0.2, 0.25) is 0 Å². The lowest BCUT2D eigenvalue weighted by molar-refractivity contribution is -0.275. The Labute approximate surface area is 219 Å². The van der Waals surface area contributed by atoms with Crippen LogP contribution in [0.25, 0.3) is 0 Å². The Hall–Kier alpha value is -3.02. The molecule has 0 aliphatic carbocycles. The quantitative estimate of drug-likeness (QED) is 0.603. The van der Waals surface area contributed by atoms with Gasteiger partial charge in [0.05, 0.1) is 6.42 Å². The zero-order valence-corrected chi connectivity index (χ0v) is 21.0. The number of nitrogens with zero attached hydrogens (tertiary/aromatic N) is 3. The minimum atomic E-state index is -4.79. The number of amides is 2. The van der Waals surface area contributed by atoms with Crippen molar-refractivity contribution in [2.75, 3.05) is 13.2 Å². The number of hydroxylamine groups is 2. The van der Waals surface area contributed by atoms with E-state index < -0.39 is 30.1 Å².